The second kappa shape index (κ2) is 8.14. The first-order chi connectivity index (χ1) is 9.56. The maximum absolute atomic E-state index is 12.7. The van der Waals surface area contributed by atoms with Crippen molar-refractivity contribution in [2.24, 2.45) is 0 Å². The summed E-state index contributed by atoms with van der Waals surface area (Å²) in [6.07, 6.45) is 0. The van der Waals surface area contributed by atoms with Gasteiger partial charge < -0.3 is 15.5 Å². The maximum atomic E-state index is 12.7. The molecule has 5 nitrogen and oxygen atoms in total. The number of halogens is 1. The Bertz CT molecular complexity index is 444. The fraction of sp³-hybridized carbons (Fsp3) is 0.429. The number of hydrogen-bond acceptors (Lipinski definition) is 2. The maximum Gasteiger partial charge on any atom is 0.315 e. The minimum atomic E-state index is -0.421. The van der Waals surface area contributed by atoms with Gasteiger partial charge in [0.05, 0.1) is 6.54 Å². The molecule has 1 aromatic rings. The number of benzene rings is 1. The third-order valence-electron chi connectivity index (χ3n) is 2.88. The van der Waals surface area contributed by atoms with Crippen LogP contribution in [0.2, 0.25) is 0 Å². The molecule has 0 atom stereocenters. The molecule has 1 rings (SSSR count). The van der Waals surface area contributed by atoms with Crippen molar-refractivity contribution >= 4 is 11.9 Å². The molecule has 0 bridgehead atoms. The number of amides is 3. The Balaban J connectivity index is 2.30. The van der Waals surface area contributed by atoms with Gasteiger partial charge in [0.25, 0.3) is 0 Å². The fourth-order valence-corrected chi connectivity index (χ4v) is 1.69. The molecule has 110 valence electrons. The Kier molecular flexibility index (Phi) is 6.49. The van der Waals surface area contributed by atoms with Crippen LogP contribution in [0, 0.1) is 5.82 Å². The summed E-state index contributed by atoms with van der Waals surface area (Å²) in [7, 11) is 0. The van der Waals surface area contributed by atoms with Crippen molar-refractivity contribution in [2.45, 2.75) is 20.4 Å². The van der Waals surface area contributed by atoms with Crippen molar-refractivity contribution in [3.05, 3.63) is 35.6 Å². The zero-order valence-corrected chi connectivity index (χ0v) is 11.8. The van der Waals surface area contributed by atoms with E-state index in [1.54, 1.807) is 17.0 Å². The van der Waals surface area contributed by atoms with Gasteiger partial charge in [-0.25, -0.2) is 9.18 Å². The van der Waals surface area contributed by atoms with Crippen molar-refractivity contribution in [2.75, 3.05) is 19.6 Å². The van der Waals surface area contributed by atoms with Gasteiger partial charge in [-0.1, -0.05) is 12.1 Å². The SMILES string of the molecule is CCN(CC)C(=O)CNC(=O)NCc1ccc(F)cc1. The smallest absolute Gasteiger partial charge is 0.315 e. The van der Waals surface area contributed by atoms with Crippen LogP contribution in [-0.4, -0.2) is 36.5 Å². The van der Waals surface area contributed by atoms with Crippen LogP contribution >= 0.6 is 0 Å². The Morgan fingerprint density at radius 2 is 1.70 bits per heavy atom. The van der Waals surface area contributed by atoms with Crippen LogP contribution < -0.4 is 10.6 Å². The van der Waals surface area contributed by atoms with Gasteiger partial charge >= 0.3 is 6.03 Å². The van der Waals surface area contributed by atoms with Gasteiger partial charge in [-0.15, -0.1) is 0 Å². The number of nitrogens with one attached hydrogen (secondary N) is 2. The highest BCUT2D eigenvalue weighted by Crippen LogP contribution is 2.01. The average molecular weight is 281 g/mol. The molecule has 0 fully saturated rings. The van der Waals surface area contributed by atoms with E-state index in [4.69, 9.17) is 0 Å². The van der Waals surface area contributed by atoms with Gasteiger partial charge in [0, 0.05) is 19.6 Å². The predicted molar refractivity (Wildman–Crippen MR) is 74.6 cm³/mol. The molecule has 2 N–H and O–H groups in total. The first-order valence-electron chi connectivity index (χ1n) is 6.60. The van der Waals surface area contributed by atoms with E-state index < -0.39 is 6.03 Å². The summed E-state index contributed by atoms with van der Waals surface area (Å²) in [5.41, 5.74) is 0.789. The van der Waals surface area contributed by atoms with Crippen LogP contribution in [0.3, 0.4) is 0 Å². The molecule has 0 aliphatic heterocycles. The number of carbonyl (C=O) groups is 2. The van der Waals surface area contributed by atoms with E-state index in [9.17, 15) is 14.0 Å². The van der Waals surface area contributed by atoms with Gasteiger partial charge in [-0.2, -0.15) is 0 Å². The molecule has 0 aromatic heterocycles. The molecule has 0 unspecified atom stereocenters. The second-order valence-electron chi connectivity index (χ2n) is 4.23. The Morgan fingerprint density at radius 1 is 1.10 bits per heavy atom. The Morgan fingerprint density at radius 3 is 2.25 bits per heavy atom. The third kappa shape index (κ3) is 5.26. The molecule has 3 amide bonds. The average Bonchev–Trinajstić information content (AvgIpc) is 2.45. The molecule has 1 aromatic carbocycles. The minimum absolute atomic E-state index is 0.0308. The lowest BCUT2D eigenvalue weighted by atomic mass is 10.2. The molecule has 0 heterocycles. The van der Waals surface area contributed by atoms with Crippen molar-refractivity contribution in [3.63, 3.8) is 0 Å². The molecule has 20 heavy (non-hydrogen) atoms. The van der Waals surface area contributed by atoms with Gasteiger partial charge in [0.2, 0.25) is 5.91 Å². The largest absolute Gasteiger partial charge is 0.342 e. The molecule has 0 aliphatic carbocycles. The summed E-state index contributed by atoms with van der Waals surface area (Å²) in [5, 5.41) is 5.10. The number of hydrogen-bond donors (Lipinski definition) is 2. The summed E-state index contributed by atoms with van der Waals surface area (Å²) >= 11 is 0. The Hall–Kier alpha value is -2.11. The highest BCUT2D eigenvalue weighted by molar-refractivity contribution is 5.83. The zero-order valence-electron chi connectivity index (χ0n) is 11.8. The first kappa shape index (κ1) is 15.9. The second-order valence-corrected chi connectivity index (χ2v) is 4.23. The quantitative estimate of drug-likeness (QED) is 0.830. The van der Waals surface area contributed by atoms with Crippen LogP contribution in [-0.2, 0) is 11.3 Å². The first-order valence-corrected chi connectivity index (χ1v) is 6.60. The van der Waals surface area contributed by atoms with Gasteiger partial charge in [0.15, 0.2) is 0 Å². The summed E-state index contributed by atoms with van der Waals surface area (Å²) in [6.45, 7) is 5.26. The fourth-order valence-electron chi connectivity index (χ4n) is 1.69. The van der Waals surface area contributed by atoms with E-state index in [0.29, 0.717) is 13.1 Å². The summed E-state index contributed by atoms with van der Waals surface area (Å²) < 4.78 is 12.7. The number of likely N-dealkylation sites (N-methyl/N-ethyl adjacent to an activating group) is 1. The van der Waals surface area contributed by atoms with E-state index in [-0.39, 0.29) is 24.8 Å². The van der Waals surface area contributed by atoms with Crippen molar-refractivity contribution in [1.29, 1.82) is 0 Å². The van der Waals surface area contributed by atoms with E-state index in [0.717, 1.165) is 5.56 Å². The van der Waals surface area contributed by atoms with E-state index in [1.807, 2.05) is 13.8 Å². The molecule has 6 heteroatoms. The molecule has 0 radical (unpaired) electrons. The Labute approximate surface area is 118 Å². The van der Waals surface area contributed by atoms with Gasteiger partial charge in [-0.3, -0.25) is 4.79 Å². The van der Waals surface area contributed by atoms with Gasteiger partial charge in [0.1, 0.15) is 5.82 Å². The van der Waals surface area contributed by atoms with E-state index >= 15 is 0 Å². The highest BCUT2D eigenvalue weighted by Gasteiger charge is 2.10. The normalized spacial score (nSPS) is 9.95. The van der Waals surface area contributed by atoms with Crippen LogP contribution in [0.5, 0.6) is 0 Å². The number of carbonyl (C=O) groups excluding carboxylic acids is 2. The summed E-state index contributed by atoms with van der Waals surface area (Å²) in [6, 6.07) is 5.43. The lowest BCUT2D eigenvalue weighted by Crippen LogP contribution is -2.43. The highest BCUT2D eigenvalue weighted by atomic mass is 19.1. The molecule has 0 aliphatic rings. The summed E-state index contributed by atoms with van der Waals surface area (Å²) in [5.74, 6) is -0.435. The van der Waals surface area contributed by atoms with E-state index in [1.165, 1.54) is 12.1 Å². The standard InChI is InChI=1S/C14H20FN3O2/c1-3-18(4-2)13(19)10-17-14(20)16-9-11-5-7-12(15)8-6-11/h5-8H,3-4,9-10H2,1-2H3,(H2,16,17,20). The van der Waals surface area contributed by atoms with Crippen molar-refractivity contribution < 1.29 is 14.0 Å². The number of rotatable bonds is 6. The van der Waals surface area contributed by atoms with Crippen molar-refractivity contribution in [3.8, 4) is 0 Å². The number of nitrogens with zero attached hydrogens (tertiary/aromatic N) is 1. The molecule has 0 saturated carbocycles. The summed E-state index contributed by atoms with van der Waals surface area (Å²) in [4.78, 5) is 24.8. The van der Waals surface area contributed by atoms with E-state index in [2.05, 4.69) is 10.6 Å². The molecule has 0 saturated heterocycles. The monoisotopic (exact) mass is 281 g/mol. The lowest BCUT2D eigenvalue weighted by Gasteiger charge is -2.18. The predicted octanol–water partition coefficient (Wildman–Crippen LogP) is 1.49. The molecular weight excluding hydrogens is 261 g/mol. The third-order valence-corrected chi connectivity index (χ3v) is 2.88. The van der Waals surface area contributed by atoms with Crippen LogP contribution in [0.25, 0.3) is 0 Å². The van der Waals surface area contributed by atoms with Gasteiger partial charge in [-0.05, 0) is 31.5 Å². The molecular formula is C14H20FN3O2. The minimum Gasteiger partial charge on any atom is -0.342 e. The van der Waals surface area contributed by atoms with Crippen LogP contribution in [0.1, 0.15) is 19.4 Å². The lowest BCUT2D eigenvalue weighted by molar-refractivity contribution is -0.129. The molecule has 0 spiro atoms. The zero-order chi connectivity index (χ0) is 15.0. The van der Waals surface area contributed by atoms with Crippen molar-refractivity contribution in [1.82, 2.24) is 15.5 Å². The topological polar surface area (TPSA) is 61.4 Å². The van der Waals surface area contributed by atoms with Crippen LogP contribution in [0.4, 0.5) is 9.18 Å². The van der Waals surface area contributed by atoms with Crippen LogP contribution in [0.15, 0.2) is 24.3 Å². The number of urea groups is 1.